The number of aliphatic carboxylic acids is 1. The second-order valence-corrected chi connectivity index (χ2v) is 14.8. The van der Waals surface area contributed by atoms with Gasteiger partial charge in [0.25, 0.3) is 0 Å². The molecule has 0 bridgehead atoms. The zero-order valence-corrected chi connectivity index (χ0v) is 23.7. The van der Waals surface area contributed by atoms with Gasteiger partial charge in [-0.2, -0.15) is 0 Å². The summed E-state index contributed by atoms with van der Waals surface area (Å²) in [5.74, 6) is -9.72. The third kappa shape index (κ3) is 10.5. The average Bonchev–Trinajstić information content (AvgIpc) is 2.70. The van der Waals surface area contributed by atoms with Gasteiger partial charge in [0.2, 0.25) is 0 Å². The van der Waals surface area contributed by atoms with Crippen LogP contribution in [0.5, 0.6) is 0 Å². The molecule has 16 nitrogen and oxygen atoms in total. The summed E-state index contributed by atoms with van der Waals surface area (Å²) in [4.78, 5) is 90.6. The second kappa shape index (κ2) is 14.5. The molecule has 0 saturated carbocycles. The number of carboxylic acid groups (broad SMARTS) is 1. The lowest BCUT2D eigenvalue weighted by Crippen LogP contribution is -2.51. The van der Waals surface area contributed by atoms with Gasteiger partial charge < -0.3 is 44.3 Å². The highest BCUT2D eigenvalue weighted by atomic mass is 31.2. The van der Waals surface area contributed by atoms with E-state index >= 15 is 0 Å². The van der Waals surface area contributed by atoms with Gasteiger partial charge in [-0.25, -0.2) is 0 Å². The molecule has 38 heavy (non-hydrogen) atoms. The van der Waals surface area contributed by atoms with E-state index in [0.29, 0.717) is 17.1 Å². The molecule has 0 spiro atoms. The number of carboxylic acids is 1. The lowest BCUT2D eigenvalue weighted by atomic mass is 10.1. The van der Waals surface area contributed by atoms with Crippen molar-refractivity contribution in [2.45, 2.75) is 48.4 Å². The molecule has 0 aromatic rings. The van der Waals surface area contributed by atoms with Crippen LogP contribution in [-0.4, -0.2) is 95.7 Å². The minimum Gasteiger partial charge on any atom is -0.480 e. The van der Waals surface area contributed by atoms with Gasteiger partial charge in [0.15, 0.2) is 0 Å². The van der Waals surface area contributed by atoms with Crippen molar-refractivity contribution in [1.82, 2.24) is 9.80 Å². The van der Waals surface area contributed by atoms with Crippen molar-refractivity contribution in [3.05, 3.63) is 50.6 Å². The fourth-order valence-corrected chi connectivity index (χ4v) is 7.68. The maximum Gasteiger partial charge on any atom is 0.346 e. The topological polar surface area (TPSA) is 274 Å². The Morgan fingerprint density at radius 2 is 0.947 bits per heavy atom. The van der Waals surface area contributed by atoms with E-state index in [2.05, 4.69) is 26.3 Å². The highest BCUT2D eigenvalue weighted by molar-refractivity contribution is 7.54. The standard InChI is InChI=1S/C18H34N2O14P4/c1-5-14(35(23,24)25)19(15(6-2)36(26,27)28)12-10-9-11-13(18(21)22)20(16(7-3)37(29,30)31)17(8-4)38(32,33)34/h5-8,13-17H,1-4,9-12H2,(H,21,22)(H2,23,24,25)(H2,26,27,28)(H2,29,30,31)(H2,32,33,34)/t13-,14?,15?,16?,17?/m0/s1. The van der Waals surface area contributed by atoms with Gasteiger partial charge in [-0.3, -0.25) is 32.9 Å². The fraction of sp³-hybridized carbons (Fsp3) is 0.500. The van der Waals surface area contributed by atoms with E-state index in [1.54, 1.807) is 0 Å². The molecule has 0 rings (SSSR count). The van der Waals surface area contributed by atoms with Crippen molar-refractivity contribution in [1.29, 1.82) is 0 Å². The van der Waals surface area contributed by atoms with Crippen molar-refractivity contribution < 1.29 is 67.3 Å². The molecule has 0 radical (unpaired) electrons. The quantitative estimate of drug-likeness (QED) is 0.0549. The Balaban J connectivity index is 6.29. The average molecular weight is 626 g/mol. The SMILES string of the molecule is C=CC(N(CCCC[C@@H](C(=O)O)N(C(C=C)P(=O)(O)O)C(C=C)P(=O)(O)O)C(C=C)P(=O)(O)O)P(=O)(O)O. The smallest absolute Gasteiger partial charge is 0.346 e. The molecule has 20 heteroatoms. The van der Waals surface area contributed by atoms with Crippen LogP contribution in [0.15, 0.2) is 50.6 Å². The normalized spacial score (nSPS) is 17.3. The number of unbranched alkanes of at least 4 members (excludes halogenated alkanes) is 1. The van der Waals surface area contributed by atoms with Crippen LogP contribution in [0.2, 0.25) is 0 Å². The van der Waals surface area contributed by atoms with Crippen LogP contribution >= 0.6 is 30.4 Å². The first-order valence-corrected chi connectivity index (χ1v) is 17.3. The Morgan fingerprint density at radius 1 is 0.632 bits per heavy atom. The Kier molecular flexibility index (Phi) is 14.1. The molecule has 220 valence electrons. The Labute approximate surface area is 219 Å². The summed E-state index contributed by atoms with van der Waals surface area (Å²) < 4.78 is 47.9. The van der Waals surface area contributed by atoms with Gasteiger partial charge in [0, 0.05) is 6.54 Å². The van der Waals surface area contributed by atoms with Crippen LogP contribution in [0.3, 0.4) is 0 Å². The number of hydrogen-bond donors (Lipinski definition) is 9. The van der Waals surface area contributed by atoms with Crippen molar-refractivity contribution in [2.75, 3.05) is 6.54 Å². The van der Waals surface area contributed by atoms with Crippen LogP contribution in [0.4, 0.5) is 0 Å². The minimum atomic E-state index is -5.24. The van der Waals surface area contributed by atoms with Gasteiger partial charge in [0.05, 0.1) is 0 Å². The van der Waals surface area contributed by atoms with Gasteiger partial charge in [0.1, 0.15) is 29.2 Å². The molecule has 5 atom stereocenters. The molecule has 0 aliphatic carbocycles. The van der Waals surface area contributed by atoms with E-state index in [1.807, 2.05) is 0 Å². The summed E-state index contributed by atoms with van der Waals surface area (Å²) >= 11 is 0. The first-order valence-electron chi connectivity index (χ1n) is 10.6. The highest BCUT2D eigenvalue weighted by Crippen LogP contribution is 2.53. The molecule has 0 amide bonds. The van der Waals surface area contributed by atoms with Crippen LogP contribution < -0.4 is 0 Å². The predicted molar refractivity (Wildman–Crippen MR) is 138 cm³/mol. The van der Waals surface area contributed by atoms with Crippen molar-refractivity contribution in [2.24, 2.45) is 0 Å². The summed E-state index contributed by atoms with van der Waals surface area (Å²) in [7, 11) is -20.5. The summed E-state index contributed by atoms with van der Waals surface area (Å²) in [5.41, 5.74) is 0. The van der Waals surface area contributed by atoms with E-state index in [4.69, 9.17) is 0 Å². The van der Waals surface area contributed by atoms with E-state index in [0.717, 1.165) is 17.1 Å². The van der Waals surface area contributed by atoms with E-state index < -0.39 is 78.5 Å². The van der Waals surface area contributed by atoms with Crippen LogP contribution in [-0.2, 0) is 23.1 Å². The molecule has 4 unspecified atom stereocenters. The van der Waals surface area contributed by atoms with Crippen LogP contribution in [0.1, 0.15) is 19.3 Å². The Bertz CT molecular complexity index is 991. The number of carbonyl (C=O) groups is 1. The molecule has 0 aromatic carbocycles. The molecule has 0 aliphatic rings. The van der Waals surface area contributed by atoms with Crippen molar-refractivity contribution in [3.63, 3.8) is 0 Å². The first-order chi connectivity index (χ1) is 17.1. The molecule has 0 aliphatic heterocycles. The van der Waals surface area contributed by atoms with E-state index in [9.17, 15) is 67.3 Å². The third-order valence-corrected chi connectivity index (χ3v) is 10.0. The lowest BCUT2D eigenvalue weighted by Gasteiger charge is -2.39. The Hall–Kier alpha value is -1.05. The molecular weight excluding hydrogens is 592 g/mol. The van der Waals surface area contributed by atoms with E-state index in [1.165, 1.54) is 0 Å². The van der Waals surface area contributed by atoms with Gasteiger partial charge in [-0.15, -0.1) is 26.3 Å². The summed E-state index contributed by atoms with van der Waals surface area (Å²) in [6, 6.07) is -1.93. The molecule has 0 heterocycles. The van der Waals surface area contributed by atoms with E-state index in [-0.39, 0.29) is 12.8 Å². The first kappa shape index (κ1) is 37.0. The number of nitrogens with zero attached hydrogens (tertiary/aromatic N) is 2. The molecule has 0 fully saturated rings. The minimum absolute atomic E-state index is 0.185. The third-order valence-electron chi connectivity index (χ3n) is 5.30. The molecular formula is C18H34N2O14P4. The van der Waals surface area contributed by atoms with Gasteiger partial charge in [-0.05, 0) is 12.8 Å². The lowest BCUT2D eigenvalue weighted by molar-refractivity contribution is -0.144. The summed E-state index contributed by atoms with van der Waals surface area (Å²) in [5, 5.41) is 9.78. The molecule has 0 aromatic heterocycles. The largest absolute Gasteiger partial charge is 0.480 e. The fourth-order valence-electron chi connectivity index (χ4n) is 3.78. The maximum atomic E-state index is 12.1. The zero-order valence-electron chi connectivity index (χ0n) is 20.1. The predicted octanol–water partition coefficient (Wildman–Crippen LogP) is 0.973. The highest BCUT2D eigenvalue weighted by Gasteiger charge is 2.47. The number of rotatable bonds is 19. The van der Waals surface area contributed by atoms with Crippen molar-refractivity contribution >= 4 is 36.4 Å². The molecule has 0 saturated heterocycles. The Morgan fingerprint density at radius 3 is 1.18 bits per heavy atom. The zero-order chi connectivity index (χ0) is 30.3. The van der Waals surface area contributed by atoms with Gasteiger partial charge in [-0.1, -0.05) is 30.7 Å². The van der Waals surface area contributed by atoms with Gasteiger partial charge >= 0.3 is 36.4 Å². The van der Waals surface area contributed by atoms with Crippen LogP contribution in [0.25, 0.3) is 0 Å². The van der Waals surface area contributed by atoms with Crippen molar-refractivity contribution in [3.8, 4) is 0 Å². The monoisotopic (exact) mass is 626 g/mol. The second-order valence-electron chi connectivity index (χ2n) is 7.99. The molecule has 9 N–H and O–H groups in total. The maximum absolute atomic E-state index is 12.1. The summed E-state index contributed by atoms with van der Waals surface area (Å²) in [6.07, 6.45) is 1.91. The van der Waals surface area contributed by atoms with Crippen LogP contribution in [0, 0.1) is 0 Å². The summed E-state index contributed by atoms with van der Waals surface area (Å²) in [6.45, 7) is 12.6. The number of hydrogen-bond acceptors (Lipinski definition) is 7.